The van der Waals surface area contributed by atoms with Gasteiger partial charge in [-0.25, -0.2) is 5.43 Å². The molecule has 136 valence electrons. The number of pyridine rings is 1. The first-order valence-corrected chi connectivity index (χ1v) is 8.63. The summed E-state index contributed by atoms with van der Waals surface area (Å²) < 4.78 is 0. The highest BCUT2D eigenvalue weighted by molar-refractivity contribution is 6.36. The Kier molecular flexibility index (Phi) is 7.12. The van der Waals surface area contributed by atoms with Crippen LogP contribution in [0.1, 0.15) is 29.8 Å². The molecule has 0 saturated carbocycles. The van der Waals surface area contributed by atoms with Crippen LogP contribution in [0.5, 0.6) is 0 Å². The lowest BCUT2D eigenvalue weighted by molar-refractivity contribution is -0.123. The van der Waals surface area contributed by atoms with Gasteiger partial charge in [0, 0.05) is 17.4 Å². The fraction of sp³-hybridized carbons (Fsp3) is 0.222. The number of carbonyl (C=O) groups excluding carboxylic acids is 2. The van der Waals surface area contributed by atoms with Gasteiger partial charge in [-0.1, -0.05) is 37.0 Å². The van der Waals surface area contributed by atoms with E-state index in [0.717, 1.165) is 5.56 Å². The van der Waals surface area contributed by atoms with Crippen molar-refractivity contribution < 1.29 is 9.59 Å². The molecule has 2 aromatic rings. The van der Waals surface area contributed by atoms with Crippen LogP contribution >= 0.6 is 23.2 Å². The van der Waals surface area contributed by atoms with Gasteiger partial charge in [0.25, 0.3) is 11.8 Å². The Morgan fingerprint density at radius 1 is 1.15 bits per heavy atom. The highest BCUT2D eigenvalue weighted by Crippen LogP contribution is 2.21. The van der Waals surface area contributed by atoms with Gasteiger partial charge >= 0.3 is 0 Å². The van der Waals surface area contributed by atoms with Crippen molar-refractivity contribution in [1.29, 1.82) is 0 Å². The van der Waals surface area contributed by atoms with Crippen LogP contribution in [0.4, 0.5) is 0 Å². The molecule has 1 aromatic heterocycles. The molecule has 2 N–H and O–H groups in total. The number of amides is 2. The van der Waals surface area contributed by atoms with E-state index in [4.69, 9.17) is 23.2 Å². The van der Waals surface area contributed by atoms with E-state index in [1.165, 1.54) is 18.3 Å². The first-order chi connectivity index (χ1) is 12.4. The fourth-order valence-corrected chi connectivity index (χ4v) is 2.61. The van der Waals surface area contributed by atoms with Gasteiger partial charge in [-0.3, -0.25) is 14.6 Å². The van der Waals surface area contributed by atoms with Crippen molar-refractivity contribution in [2.45, 2.75) is 19.9 Å². The Bertz CT molecular complexity index is 810. The van der Waals surface area contributed by atoms with Gasteiger partial charge in [-0.2, -0.15) is 5.10 Å². The van der Waals surface area contributed by atoms with E-state index in [1.807, 2.05) is 13.8 Å². The van der Waals surface area contributed by atoms with Crippen LogP contribution in [-0.4, -0.2) is 29.1 Å². The molecule has 0 bridgehead atoms. The van der Waals surface area contributed by atoms with Gasteiger partial charge in [-0.05, 0) is 41.8 Å². The third-order valence-corrected chi connectivity index (χ3v) is 4.05. The fourth-order valence-electron chi connectivity index (χ4n) is 2.12. The topological polar surface area (TPSA) is 83.5 Å². The summed E-state index contributed by atoms with van der Waals surface area (Å²) in [6, 6.07) is 7.27. The Hall–Kier alpha value is -2.44. The van der Waals surface area contributed by atoms with E-state index in [0.29, 0.717) is 5.02 Å². The quantitative estimate of drug-likeness (QED) is 0.584. The molecule has 26 heavy (non-hydrogen) atoms. The summed E-state index contributed by atoms with van der Waals surface area (Å²) in [5.74, 6) is -1.04. The van der Waals surface area contributed by atoms with E-state index < -0.39 is 17.9 Å². The minimum absolute atomic E-state index is 0.152. The zero-order valence-corrected chi connectivity index (χ0v) is 15.8. The third kappa shape index (κ3) is 5.54. The highest BCUT2D eigenvalue weighted by Gasteiger charge is 2.25. The second kappa shape index (κ2) is 9.31. The molecule has 1 unspecified atom stereocenters. The van der Waals surface area contributed by atoms with Crippen LogP contribution in [0.3, 0.4) is 0 Å². The number of halogens is 2. The first kappa shape index (κ1) is 19.9. The van der Waals surface area contributed by atoms with Crippen molar-refractivity contribution >= 4 is 41.2 Å². The molecule has 0 aliphatic carbocycles. The lowest BCUT2D eigenvalue weighted by atomic mass is 10.0. The molecular formula is C18H18Cl2N4O2. The Morgan fingerprint density at radius 2 is 1.85 bits per heavy atom. The van der Waals surface area contributed by atoms with Gasteiger partial charge in [0.1, 0.15) is 6.04 Å². The highest BCUT2D eigenvalue weighted by atomic mass is 35.5. The summed E-state index contributed by atoms with van der Waals surface area (Å²) in [5, 5.41) is 7.23. The van der Waals surface area contributed by atoms with Crippen LogP contribution < -0.4 is 10.7 Å². The van der Waals surface area contributed by atoms with Crippen molar-refractivity contribution in [3.05, 3.63) is 63.9 Å². The summed E-state index contributed by atoms with van der Waals surface area (Å²) in [7, 11) is 0. The van der Waals surface area contributed by atoms with Crippen molar-refractivity contribution in [3.63, 3.8) is 0 Å². The first-order valence-electron chi connectivity index (χ1n) is 7.87. The molecule has 0 fully saturated rings. The minimum Gasteiger partial charge on any atom is -0.340 e. The number of benzene rings is 1. The summed E-state index contributed by atoms with van der Waals surface area (Å²) in [4.78, 5) is 28.7. The van der Waals surface area contributed by atoms with Crippen LogP contribution in [0.25, 0.3) is 0 Å². The lowest BCUT2D eigenvalue weighted by Gasteiger charge is -2.20. The smallest absolute Gasteiger partial charge is 0.262 e. The molecule has 1 aromatic carbocycles. The van der Waals surface area contributed by atoms with E-state index in [9.17, 15) is 9.59 Å². The average Bonchev–Trinajstić information content (AvgIpc) is 2.60. The second-order valence-electron chi connectivity index (χ2n) is 5.83. The molecule has 2 rings (SSSR count). The largest absolute Gasteiger partial charge is 0.340 e. The predicted octanol–water partition coefficient (Wildman–Crippen LogP) is 3.29. The molecule has 0 saturated heterocycles. The van der Waals surface area contributed by atoms with Crippen molar-refractivity contribution in [2.75, 3.05) is 0 Å². The van der Waals surface area contributed by atoms with Crippen LogP contribution in [0, 0.1) is 5.92 Å². The minimum atomic E-state index is -0.774. The van der Waals surface area contributed by atoms with E-state index in [1.54, 1.807) is 30.6 Å². The van der Waals surface area contributed by atoms with E-state index >= 15 is 0 Å². The van der Waals surface area contributed by atoms with Gasteiger partial charge in [-0.15, -0.1) is 0 Å². The van der Waals surface area contributed by atoms with Crippen molar-refractivity contribution in [3.8, 4) is 0 Å². The monoisotopic (exact) mass is 392 g/mol. The van der Waals surface area contributed by atoms with Crippen LogP contribution in [0.15, 0.2) is 47.8 Å². The SMILES string of the molecule is CC(C)C(NC(=O)c1ccc(Cl)cc1Cl)C(=O)N/N=C/c1ccncc1. The maximum absolute atomic E-state index is 12.4. The maximum Gasteiger partial charge on any atom is 0.262 e. The van der Waals surface area contributed by atoms with Gasteiger partial charge in [0.2, 0.25) is 0 Å². The van der Waals surface area contributed by atoms with Crippen molar-refractivity contribution in [1.82, 2.24) is 15.7 Å². The molecule has 6 nitrogen and oxygen atoms in total. The lowest BCUT2D eigenvalue weighted by Crippen LogP contribution is -2.48. The molecule has 0 aliphatic heterocycles. The van der Waals surface area contributed by atoms with Gasteiger partial charge < -0.3 is 5.32 Å². The molecule has 8 heteroatoms. The predicted molar refractivity (Wildman–Crippen MR) is 103 cm³/mol. The number of rotatable bonds is 6. The van der Waals surface area contributed by atoms with E-state index in [-0.39, 0.29) is 16.5 Å². The zero-order chi connectivity index (χ0) is 19.1. The van der Waals surface area contributed by atoms with Gasteiger partial charge in [0.15, 0.2) is 0 Å². The molecule has 0 spiro atoms. The Morgan fingerprint density at radius 3 is 2.46 bits per heavy atom. The van der Waals surface area contributed by atoms with Gasteiger partial charge in [0.05, 0.1) is 16.8 Å². The molecule has 0 aliphatic rings. The molecule has 0 radical (unpaired) electrons. The second-order valence-corrected chi connectivity index (χ2v) is 6.68. The Balaban J connectivity index is 2.04. The molecule has 1 atom stereocenters. The normalized spacial score (nSPS) is 12.2. The molecular weight excluding hydrogens is 375 g/mol. The average molecular weight is 393 g/mol. The van der Waals surface area contributed by atoms with Crippen molar-refractivity contribution in [2.24, 2.45) is 11.0 Å². The standard InChI is InChI=1S/C18H18Cl2N4O2/c1-11(2)16(18(26)24-22-10-12-5-7-21-8-6-12)23-17(25)14-4-3-13(19)9-15(14)20/h3-11,16H,1-2H3,(H,23,25)(H,24,26)/b22-10+. The third-order valence-electron chi connectivity index (χ3n) is 3.51. The number of hydrazone groups is 1. The summed E-state index contributed by atoms with van der Waals surface area (Å²) in [6.07, 6.45) is 4.74. The number of aromatic nitrogens is 1. The number of nitrogens with one attached hydrogen (secondary N) is 2. The summed E-state index contributed by atoms with van der Waals surface area (Å²) >= 11 is 11.9. The zero-order valence-electron chi connectivity index (χ0n) is 14.2. The number of carbonyl (C=O) groups is 2. The van der Waals surface area contributed by atoms with Crippen LogP contribution in [-0.2, 0) is 4.79 Å². The molecule has 1 heterocycles. The summed E-state index contributed by atoms with van der Waals surface area (Å²) in [6.45, 7) is 3.64. The van der Waals surface area contributed by atoms with E-state index in [2.05, 4.69) is 20.8 Å². The number of hydrogen-bond acceptors (Lipinski definition) is 4. The van der Waals surface area contributed by atoms with Crippen LogP contribution in [0.2, 0.25) is 10.0 Å². The number of hydrogen-bond donors (Lipinski definition) is 2. The molecule has 2 amide bonds. The number of nitrogens with zero attached hydrogens (tertiary/aromatic N) is 2. The summed E-state index contributed by atoms with van der Waals surface area (Å²) in [5.41, 5.74) is 3.47. The maximum atomic E-state index is 12.4. The Labute approximate surface area is 161 Å².